The number of para-hydroxylation sites is 1. The highest BCUT2D eigenvalue weighted by Crippen LogP contribution is 2.20. The molecule has 0 unspecified atom stereocenters. The van der Waals surface area contributed by atoms with E-state index in [1.807, 2.05) is 24.3 Å². The van der Waals surface area contributed by atoms with Gasteiger partial charge in [0.1, 0.15) is 11.6 Å². The smallest absolute Gasteiger partial charge is 0.331 e. The molecule has 142 valence electrons. The molecular weight excluding hydrogens is 373 g/mol. The van der Waals surface area contributed by atoms with Crippen LogP contribution in [-0.2, 0) is 20.7 Å². The third kappa shape index (κ3) is 6.42. The van der Waals surface area contributed by atoms with Crippen molar-refractivity contribution < 1.29 is 23.5 Å². The molecule has 1 N–H and O–H groups in total. The molecule has 7 heteroatoms. The number of hydrogen-bond donors (Lipinski definition) is 1. The lowest BCUT2D eigenvalue weighted by Gasteiger charge is -2.09. The molecule has 0 saturated heterocycles. The summed E-state index contributed by atoms with van der Waals surface area (Å²) in [7, 11) is 1.58. The fraction of sp³-hybridized carbons (Fsp3) is 0.200. The number of rotatable bonds is 8. The second-order valence-electron chi connectivity index (χ2n) is 5.49. The molecule has 0 aromatic heterocycles. The predicted octanol–water partition coefficient (Wildman–Crippen LogP) is 3.40. The Balaban J connectivity index is 1.75. The summed E-state index contributed by atoms with van der Waals surface area (Å²) in [6.45, 7) is -0.0580. The average Bonchev–Trinajstić information content (AvgIpc) is 2.66. The molecule has 0 saturated carbocycles. The van der Waals surface area contributed by atoms with E-state index in [0.717, 1.165) is 17.4 Å². The molecule has 27 heavy (non-hydrogen) atoms. The third-order valence-electron chi connectivity index (χ3n) is 3.64. The Morgan fingerprint density at radius 3 is 2.70 bits per heavy atom. The molecule has 2 aromatic rings. The van der Waals surface area contributed by atoms with Gasteiger partial charge in [-0.3, -0.25) is 4.79 Å². The van der Waals surface area contributed by atoms with Crippen molar-refractivity contribution in [3.63, 3.8) is 0 Å². The fourth-order valence-electron chi connectivity index (χ4n) is 2.30. The predicted molar refractivity (Wildman–Crippen MR) is 101 cm³/mol. The zero-order valence-electron chi connectivity index (χ0n) is 14.7. The van der Waals surface area contributed by atoms with Gasteiger partial charge in [-0.1, -0.05) is 35.9 Å². The number of carbonyl (C=O) groups excluding carboxylic acids is 2. The van der Waals surface area contributed by atoms with Crippen molar-refractivity contribution in [1.29, 1.82) is 0 Å². The van der Waals surface area contributed by atoms with Gasteiger partial charge in [-0.2, -0.15) is 0 Å². The third-order valence-corrected chi connectivity index (χ3v) is 3.97. The van der Waals surface area contributed by atoms with Crippen molar-refractivity contribution in [2.75, 3.05) is 20.3 Å². The van der Waals surface area contributed by atoms with Gasteiger partial charge in [0.05, 0.1) is 12.1 Å². The first kappa shape index (κ1) is 20.5. The summed E-state index contributed by atoms with van der Waals surface area (Å²) in [5.41, 5.74) is 1.04. The van der Waals surface area contributed by atoms with E-state index >= 15 is 0 Å². The van der Waals surface area contributed by atoms with Gasteiger partial charge in [-0.05, 0) is 36.3 Å². The fourth-order valence-corrected chi connectivity index (χ4v) is 2.53. The number of benzene rings is 2. The minimum Gasteiger partial charge on any atom is -0.496 e. The Hall–Kier alpha value is -2.86. The lowest BCUT2D eigenvalue weighted by atomic mass is 10.1. The van der Waals surface area contributed by atoms with E-state index in [1.165, 1.54) is 24.3 Å². The second kappa shape index (κ2) is 10.3. The highest BCUT2D eigenvalue weighted by Gasteiger charge is 2.08. The van der Waals surface area contributed by atoms with Crippen molar-refractivity contribution in [2.24, 2.45) is 0 Å². The summed E-state index contributed by atoms with van der Waals surface area (Å²) < 4.78 is 23.6. The number of esters is 1. The van der Waals surface area contributed by atoms with Crippen LogP contribution in [-0.4, -0.2) is 32.1 Å². The van der Waals surface area contributed by atoms with E-state index in [1.54, 1.807) is 7.11 Å². The van der Waals surface area contributed by atoms with Crippen LogP contribution in [0.25, 0.3) is 6.08 Å². The van der Waals surface area contributed by atoms with Crippen LogP contribution >= 0.6 is 11.6 Å². The molecule has 0 aliphatic heterocycles. The summed E-state index contributed by atoms with van der Waals surface area (Å²) in [4.78, 5) is 23.4. The molecule has 0 spiro atoms. The summed E-state index contributed by atoms with van der Waals surface area (Å²) in [6, 6.07) is 11.7. The number of hydrogen-bond acceptors (Lipinski definition) is 4. The Morgan fingerprint density at radius 1 is 1.19 bits per heavy atom. The van der Waals surface area contributed by atoms with Crippen LogP contribution in [0.3, 0.4) is 0 Å². The number of ether oxygens (including phenoxy) is 2. The second-order valence-corrected chi connectivity index (χ2v) is 5.90. The lowest BCUT2D eigenvalue weighted by molar-refractivity contribution is -0.143. The largest absolute Gasteiger partial charge is 0.496 e. The molecular formula is C20H19ClFNO4. The number of halogens is 2. The van der Waals surface area contributed by atoms with Crippen molar-refractivity contribution >= 4 is 29.6 Å². The minimum absolute atomic E-state index is 0.0809. The summed E-state index contributed by atoms with van der Waals surface area (Å²) in [6.07, 6.45) is 2.81. The monoisotopic (exact) mass is 391 g/mol. The maximum absolute atomic E-state index is 13.6. The molecule has 0 atom stereocenters. The number of methoxy groups -OCH3 is 1. The topological polar surface area (TPSA) is 64.6 Å². The molecule has 0 fully saturated rings. The first-order valence-corrected chi connectivity index (χ1v) is 8.56. The van der Waals surface area contributed by atoms with Gasteiger partial charge in [0.2, 0.25) is 0 Å². The van der Waals surface area contributed by atoms with Gasteiger partial charge in [0, 0.05) is 18.2 Å². The number of nitrogens with one attached hydrogen (secondary N) is 1. The van der Waals surface area contributed by atoms with Crippen LogP contribution in [0.15, 0.2) is 48.5 Å². The maximum Gasteiger partial charge on any atom is 0.331 e. The molecule has 0 radical (unpaired) electrons. The van der Waals surface area contributed by atoms with E-state index in [2.05, 4.69) is 5.32 Å². The van der Waals surface area contributed by atoms with Crippen LogP contribution in [0.1, 0.15) is 11.1 Å². The average molecular weight is 392 g/mol. The van der Waals surface area contributed by atoms with E-state index in [-0.39, 0.29) is 10.6 Å². The van der Waals surface area contributed by atoms with Gasteiger partial charge in [0.25, 0.3) is 5.91 Å². The van der Waals surface area contributed by atoms with Gasteiger partial charge in [0.15, 0.2) is 6.61 Å². The quantitative estimate of drug-likeness (QED) is 0.553. The van der Waals surface area contributed by atoms with Crippen LogP contribution < -0.4 is 10.1 Å². The first-order chi connectivity index (χ1) is 13.0. The zero-order valence-corrected chi connectivity index (χ0v) is 15.5. The SMILES string of the molecule is COc1ccccc1CCNC(=O)COC(=O)/C=C/c1c(F)cccc1Cl. The van der Waals surface area contributed by atoms with E-state index in [0.29, 0.717) is 13.0 Å². The Labute approximate surface area is 161 Å². The molecule has 1 amide bonds. The van der Waals surface area contributed by atoms with Crippen molar-refractivity contribution in [3.8, 4) is 5.75 Å². The van der Waals surface area contributed by atoms with Crippen LogP contribution in [0.2, 0.25) is 5.02 Å². The standard InChI is InChI=1S/C20H19ClFNO4/c1-26-18-8-3-2-5-14(18)11-12-23-19(24)13-27-20(25)10-9-15-16(21)6-4-7-17(15)22/h2-10H,11-13H2,1H3,(H,23,24)/b10-9+. The molecule has 5 nitrogen and oxygen atoms in total. The van der Waals surface area contributed by atoms with E-state index in [4.69, 9.17) is 21.1 Å². The lowest BCUT2D eigenvalue weighted by Crippen LogP contribution is -2.30. The summed E-state index contributed by atoms with van der Waals surface area (Å²) in [5.74, 6) is -1.01. The maximum atomic E-state index is 13.6. The number of carbonyl (C=O) groups is 2. The van der Waals surface area contributed by atoms with Crippen LogP contribution in [0, 0.1) is 5.82 Å². The molecule has 2 aromatic carbocycles. The normalized spacial score (nSPS) is 10.6. The van der Waals surface area contributed by atoms with Gasteiger partial charge < -0.3 is 14.8 Å². The number of amides is 1. The molecule has 0 aliphatic carbocycles. The molecule has 2 rings (SSSR count). The molecule has 0 bridgehead atoms. The van der Waals surface area contributed by atoms with Crippen molar-refractivity contribution in [3.05, 3.63) is 70.5 Å². The van der Waals surface area contributed by atoms with Gasteiger partial charge in [-0.25, -0.2) is 9.18 Å². The minimum atomic E-state index is -0.769. The molecule has 0 aliphatic rings. The van der Waals surface area contributed by atoms with Crippen LogP contribution in [0.5, 0.6) is 5.75 Å². The summed E-state index contributed by atoms with van der Waals surface area (Å²) >= 11 is 5.85. The highest BCUT2D eigenvalue weighted by atomic mass is 35.5. The Bertz CT molecular complexity index is 818. The van der Waals surface area contributed by atoms with Gasteiger partial charge >= 0.3 is 5.97 Å². The van der Waals surface area contributed by atoms with Crippen molar-refractivity contribution in [2.45, 2.75) is 6.42 Å². The van der Waals surface area contributed by atoms with Crippen molar-refractivity contribution in [1.82, 2.24) is 5.32 Å². The van der Waals surface area contributed by atoms with E-state index in [9.17, 15) is 14.0 Å². The Kier molecular flexibility index (Phi) is 7.82. The summed E-state index contributed by atoms with van der Waals surface area (Å²) in [5, 5.41) is 2.83. The first-order valence-electron chi connectivity index (χ1n) is 8.18. The van der Waals surface area contributed by atoms with Crippen LogP contribution in [0.4, 0.5) is 4.39 Å². The Morgan fingerprint density at radius 2 is 1.96 bits per heavy atom. The zero-order chi connectivity index (χ0) is 19.6. The molecule has 0 heterocycles. The van der Waals surface area contributed by atoms with Gasteiger partial charge in [-0.15, -0.1) is 0 Å². The highest BCUT2D eigenvalue weighted by molar-refractivity contribution is 6.32. The van der Waals surface area contributed by atoms with E-state index < -0.39 is 24.3 Å².